The number of hydrogen-bond donors (Lipinski definition) is 1. The van der Waals surface area contributed by atoms with Crippen molar-refractivity contribution >= 4 is 16.3 Å². The second-order valence-electron chi connectivity index (χ2n) is 3.21. The topological polar surface area (TPSA) is 93.6 Å². The van der Waals surface area contributed by atoms with Crippen LogP contribution < -0.4 is 0 Å². The summed E-state index contributed by atoms with van der Waals surface area (Å²) in [5.74, 6) is 0.0753. The smallest absolute Gasteiger partial charge is 0.328 e. The molecule has 0 saturated heterocycles. The van der Waals surface area contributed by atoms with E-state index in [4.69, 9.17) is 8.97 Å². The Labute approximate surface area is 87.2 Å². The van der Waals surface area contributed by atoms with Crippen molar-refractivity contribution < 1.29 is 22.1 Å². The first-order valence-electron chi connectivity index (χ1n) is 4.18. The fourth-order valence-electron chi connectivity index (χ4n) is 0.817. The lowest BCUT2D eigenvalue weighted by Gasteiger charge is -2.05. The molecule has 0 aromatic carbocycles. The number of hydroxylamine groups is 1. The van der Waals surface area contributed by atoms with E-state index in [0.717, 1.165) is 12.3 Å². The molecule has 0 unspecified atom stereocenters. The van der Waals surface area contributed by atoms with E-state index in [0.29, 0.717) is 4.74 Å². The molecule has 0 amide bonds. The third-order valence-electron chi connectivity index (χ3n) is 1.62. The van der Waals surface area contributed by atoms with E-state index in [1.54, 1.807) is 13.8 Å². The number of nitrogens with zero attached hydrogens (tertiary/aromatic N) is 1. The molecule has 0 aliphatic carbocycles. The van der Waals surface area contributed by atoms with Crippen LogP contribution in [0.1, 0.15) is 19.6 Å². The number of rotatable bonds is 3. The van der Waals surface area contributed by atoms with Gasteiger partial charge in [0.05, 0.1) is 0 Å². The minimum Gasteiger partial charge on any atom is -0.624 e. The Morgan fingerprint density at radius 2 is 2.13 bits per heavy atom. The van der Waals surface area contributed by atoms with Crippen LogP contribution in [0.4, 0.5) is 0 Å². The Kier molecular flexibility index (Phi) is 3.15. The highest BCUT2D eigenvalue weighted by Crippen LogP contribution is 2.11. The lowest BCUT2D eigenvalue weighted by molar-refractivity contribution is -0.487. The summed E-state index contributed by atoms with van der Waals surface area (Å²) in [5.41, 5.74) is 0. The van der Waals surface area contributed by atoms with Gasteiger partial charge in [-0.3, -0.25) is 4.55 Å². The number of hydrogen-bond acceptors (Lipinski definition) is 4. The fraction of sp³-hybridized carbons (Fsp3) is 0.375. The summed E-state index contributed by atoms with van der Waals surface area (Å²) in [5, 5.41) is 10.6. The van der Waals surface area contributed by atoms with Gasteiger partial charge in [-0.15, -0.1) is 0 Å². The van der Waals surface area contributed by atoms with Crippen LogP contribution >= 0.6 is 0 Å². The first kappa shape index (κ1) is 11.7. The minimum absolute atomic E-state index is 0.0753. The molecule has 1 rings (SSSR count). The van der Waals surface area contributed by atoms with Gasteiger partial charge in [-0.1, -0.05) is 0 Å². The summed E-state index contributed by atoms with van der Waals surface area (Å²) in [6.07, 6.45) is 1.11. The maximum atomic E-state index is 11.2. The van der Waals surface area contributed by atoms with Gasteiger partial charge < -0.3 is 9.62 Å². The molecule has 84 valence electrons. The quantitative estimate of drug-likeness (QED) is 0.275. The Hall–Kier alpha value is -1.34. The molecule has 7 heteroatoms. The van der Waals surface area contributed by atoms with E-state index < -0.39 is 15.2 Å². The van der Waals surface area contributed by atoms with Gasteiger partial charge in [0.1, 0.15) is 0 Å². The predicted molar refractivity (Wildman–Crippen MR) is 52.5 cm³/mol. The molecule has 0 atom stereocenters. The average molecular weight is 233 g/mol. The molecule has 0 spiro atoms. The van der Waals surface area contributed by atoms with Crippen molar-refractivity contribution in [2.75, 3.05) is 0 Å². The normalized spacial score (nSPS) is 13.5. The van der Waals surface area contributed by atoms with Crippen molar-refractivity contribution in [2.24, 2.45) is 0 Å². The largest absolute Gasteiger partial charge is 0.624 e. The van der Waals surface area contributed by atoms with Crippen molar-refractivity contribution in [3.8, 4) is 0 Å². The molecule has 0 fully saturated rings. The van der Waals surface area contributed by atoms with Crippen molar-refractivity contribution in [1.82, 2.24) is 0 Å². The van der Waals surface area contributed by atoms with Gasteiger partial charge in [0.15, 0.2) is 11.8 Å². The Morgan fingerprint density at radius 1 is 1.53 bits per heavy atom. The van der Waals surface area contributed by atoms with Gasteiger partial charge in [0.2, 0.25) is 11.3 Å². The van der Waals surface area contributed by atoms with Crippen molar-refractivity contribution in [1.29, 1.82) is 0 Å². The Bertz CT molecular complexity index is 471. The SMILES string of the molecule is CC(C)[N+]([O-])=Cc1ccc(S(=O)(=O)O)o1. The molecule has 0 saturated carbocycles. The van der Waals surface area contributed by atoms with E-state index in [-0.39, 0.29) is 11.8 Å². The molecule has 15 heavy (non-hydrogen) atoms. The van der Waals surface area contributed by atoms with E-state index in [1.165, 1.54) is 6.07 Å². The predicted octanol–water partition coefficient (Wildman–Crippen LogP) is 0.864. The molecule has 1 N–H and O–H groups in total. The van der Waals surface area contributed by atoms with E-state index >= 15 is 0 Å². The van der Waals surface area contributed by atoms with Crippen LogP contribution in [0.25, 0.3) is 0 Å². The summed E-state index contributed by atoms with van der Waals surface area (Å²) in [6.45, 7) is 3.35. The fourth-order valence-corrected chi connectivity index (χ4v) is 1.26. The van der Waals surface area contributed by atoms with Crippen LogP contribution in [0.15, 0.2) is 21.6 Å². The van der Waals surface area contributed by atoms with E-state index in [9.17, 15) is 13.6 Å². The lowest BCUT2D eigenvalue weighted by Crippen LogP contribution is -2.14. The van der Waals surface area contributed by atoms with E-state index in [2.05, 4.69) is 0 Å². The van der Waals surface area contributed by atoms with Gasteiger partial charge in [-0.2, -0.15) is 8.42 Å². The standard InChI is InChI=1S/C8H11NO5S/c1-6(2)9(10)5-7-3-4-8(14-7)15(11,12)13/h3-6H,1-2H3,(H,11,12,13). The highest BCUT2D eigenvalue weighted by Gasteiger charge is 2.15. The van der Waals surface area contributed by atoms with Crippen molar-refractivity contribution in [3.05, 3.63) is 23.1 Å². The number of furan rings is 1. The van der Waals surface area contributed by atoms with Crippen molar-refractivity contribution in [3.63, 3.8) is 0 Å². The highest BCUT2D eigenvalue weighted by atomic mass is 32.2. The summed E-state index contributed by atoms with van der Waals surface area (Å²) >= 11 is 0. The van der Waals surface area contributed by atoms with Crippen LogP contribution in [0.3, 0.4) is 0 Å². The molecule has 0 radical (unpaired) electrons. The van der Waals surface area contributed by atoms with Gasteiger partial charge in [0, 0.05) is 0 Å². The third-order valence-corrected chi connectivity index (χ3v) is 2.35. The average Bonchev–Trinajstić information content (AvgIpc) is 2.51. The Balaban J connectivity index is 3.01. The highest BCUT2D eigenvalue weighted by molar-refractivity contribution is 7.85. The summed E-state index contributed by atoms with van der Waals surface area (Å²) in [7, 11) is -4.35. The monoisotopic (exact) mass is 233 g/mol. The molecule has 0 aliphatic rings. The molecule has 1 aromatic rings. The van der Waals surface area contributed by atoms with Crippen LogP contribution in [-0.4, -0.2) is 30.0 Å². The zero-order chi connectivity index (χ0) is 11.6. The second kappa shape index (κ2) is 4.03. The van der Waals surface area contributed by atoms with Crippen LogP contribution in [0, 0.1) is 5.21 Å². The summed E-state index contributed by atoms with van der Waals surface area (Å²) in [4.78, 5) is 0. The molecular weight excluding hydrogens is 222 g/mol. The third kappa shape index (κ3) is 3.07. The van der Waals surface area contributed by atoms with Crippen LogP contribution in [-0.2, 0) is 10.1 Å². The van der Waals surface area contributed by atoms with Gasteiger partial charge in [-0.25, -0.2) is 4.74 Å². The van der Waals surface area contributed by atoms with Gasteiger partial charge >= 0.3 is 10.1 Å². The Morgan fingerprint density at radius 3 is 2.53 bits per heavy atom. The van der Waals surface area contributed by atoms with Crippen LogP contribution in [0.5, 0.6) is 0 Å². The van der Waals surface area contributed by atoms with Crippen molar-refractivity contribution in [2.45, 2.75) is 25.0 Å². The summed E-state index contributed by atoms with van der Waals surface area (Å²) in [6, 6.07) is 2.09. The molecule has 0 bridgehead atoms. The summed E-state index contributed by atoms with van der Waals surface area (Å²) < 4.78 is 35.2. The zero-order valence-corrected chi connectivity index (χ0v) is 9.06. The maximum absolute atomic E-state index is 11.2. The minimum atomic E-state index is -4.35. The molecule has 6 nitrogen and oxygen atoms in total. The maximum Gasteiger partial charge on any atom is 0.328 e. The van der Waals surface area contributed by atoms with Gasteiger partial charge in [0.25, 0.3) is 0 Å². The zero-order valence-electron chi connectivity index (χ0n) is 8.25. The van der Waals surface area contributed by atoms with Gasteiger partial charge in [-0.05, 0) is 26.0 Å². The first-order valence-corrected chi connectivity index (χ1v) is 5.62. The molecule has 1 aromatic heterocycles. The second-order valence-corrected chi connectivity index (χ2v) is 4.57. The molecule has 0 aliphatic heterocycles. The first-order chi connectivity index (χ1) is 6.80. The molecular formula is C8H11NO5S. The molecule has 1 heterocycles. The van der Waals surface area contributed by atoms with Crippen LogP contribution in [0.2, 0.25) is 0 Å². The van der Waals surface area contributed by atoms with E-state index in [1.807, 2.05) is 0 Å². The lowest BCUT2D eigenvalue weighted by atomic mass is 10.4.